The molecule has 1 aliphatic rings. The molecule has 0 spiro atoms. The molecule has 0 bridgehead atoms. The van der Waals surface area contributed by atoms with Gasteiger partial charge in [-0.2, -0.15) is 0 Å². The van der Waals surface area contributed by atoms with Crippen LogP contribution in [0.2, 0.25) is 10.0 Å². The molecular weight excluding hydrogens is 423 g/mol. The molecule has 0 aliphatic carbocycles. The van der Waals surface area contributed by atoms with Crippen molar-refractivity contribution in [1.29, 1.82) is 0 Å². The Kier molecular flexibility index (Phi) is 8.54. The van der Waals surface area contributed by atoms with Crippen molar-refractivity contribution in [3.63, 3.8) is 0 Å². The van der Waals surface area contributed by atoms with Gasteiger partial charge < -0.3 is 14.7 Å². The molecule has 0 saturated carbocycles. The topological polar surface area (TPSA) is 54.3 Å². The van der Waals surface area contributed by atoms with Gasteiger partial charge in [-0.05, 0) is 49.2 Å². The summed E-state index contributed by atoms with van der Waals surface area (Å²) in [5.41, 5.74) is 2.99. The molecule has 7 heteroatoms. The van der Waals surface area contributed by atoms with Gasteiger partial charge >= 0.3 is 0 Å². The van der Waals surface area contributed by atoms with Gasteiger partial charge in [0.25, 0.3) is 0 Å². The minimum Gasteiger partial charge on any atom is -0.390 e. The molecule has 2 aromatic rings. The predicted octanol–water partition coefficient (Wildman–Crippen LogP) is 4.77. The van der Waals surface area contributed by atoms with Crippen LogP contribution in [0.1, 0.15) is 31.4 Å². The van der Waals surface area contributed by atoms with Crippen LogP contribution in [0.5, 0.6) is 0 Å². The molecular formula is C23H28Cl2N2O3. The predicted molar refractivity (Wildman–Crippen MR) is 121 cm³/mol. The quantitative estimate of drug-likeness (QED) is 0.565. The first-order valence-electron chi connectivity index (χ1n) is 10.1. The van der Waals surface area contributed by atoms with E-state index in [0.29, 0.717) is 42.7 Å². The van der Waals surface area contributed by atoms with Gasteiger partial charge in [0.2, 0.25) is 0 Å². The summed E-state index contributed by atoms with van der Waals surface area (Å²) in [5.74, 6) is 0. The molecule has 1 N–H and O–H groups in total. The van der Waals surface area contributed by atoms with Crippen molar-refractivity contribution in [1.82, 2.24) is 4.90 Å². The second-order valence-electron chi connectivity index (χ2n) is 7.84. The molecule has 1 aliphatic heterocycles. The second kappa shape index (κ2) is 11.1. The maximum Gasteiger partial charge on any atom is 0.145 e. The first-order valence-corrected chi connectivity index (χ1v) is 10.9. The minimum absolute atomic E-state index is 0.0783. The van der Waals surface area contributed by atoms with Crippen LogP contribution in [0.15, 0.2) is 53.7 Å². The Hall–Kier alpha value is -1.63. The Bertz CT molecular complexity index is 843. The van der Waals surface area contributed by atoms with E-state index in [1.165, 1.54) is 0 Å². The maximum absolute atomic E-state index is 10.5. The van der Waals surface area contributed by atoms with Crippen LogP contribution in [0.25, 0.3) is 0 Å². The largest absolute Gasteiger partial charge is 0.390 e. The fourth-order valence-electron chi connectivity index (χ4n) is 3.38. The van der Waals surface area contributed by atoms with Crippen LogP contribution < -0.4 is 0 Å². The Labute approximate surface area is 188 Å². The molecule has 0 radical (unpaired) electrons. The fraction of sp³-hybridized carbons (Fsp3) is 0.435. The van der Waals surface area contributed by atoms with Crippen molar-refractivity contribution < 1.29 is 14.7 Å². The molecule has 0 saturated heterocycles. The van der Waals surface area contributed by atoms with Gasteiger partial charge in [0.15, 0.2) is 0 Å². The Morgan fingerprint density at radius 3 is 2.63 bits per heavy atom. The van der Waals surface area contributed by atoms with Crippen LogP contribution in [-0.4, -0.2) is 53.7 Å². The van der Waals surface area contributed by atoms with Gasteiger partial charge in [-0.3, -0.25) is 4.90 Å². The van der Waals surface area contributed by atoms with Crippen LogP contribution in [-0.2, 0) is 16.1 Å². The number of nitrogens with zero attached hydrogens (tertiary/aromatic N) is 2. The Balaban J connectivity index is 1.62. The molecule has 5 nitrogen and oxygen atoms in total. The molecule has 0 fully saturated rings. The highest BCUT2D eigenvalue weighted by atomic mass is 35.5. The van der Waals surface area contributed by atoms with Gasteiger partial charge in [0, 0.05) is 36.1 Å². The molecule has 1 heterocycles. The van der Waals surface area contributed by atoms with Gasteiger partial charge in [-0.1, -0.05) is 52.6 Å². The summed E-state index contributed by atoms with van der Waals surface area (Å²) in [7, 11) is 0. The highest BCUT2D eigenvalue weighted by molar-refractivity contribution is 6.31. The fourth-order valence-corrected chi connectivity index (χ4v) is 3.72. The molecule has 3 rings (SSSR count). The summed E-state index contributed by atoms with van der Waals surface area (Å²) in [4.78, 5) is 7.85. The van der Waals surface area contributed by atoms with Gasteiger partial charge in [0.1, 0.15) is 6.10 Å². The van der Waals surface area contributed by atoms with Crippen molar-refractivity contribution in [2.75, 3.05) is 19.7 Å². The number of rotatable bonds is 10. The van der Waals surface area contributed by atoms with E-state index in [1.807, 2.05) is 62.4 Å². The zero-order valence-electron chi connectivity index (χ0n) is 17.3. The van der Waals surface area contributed by atoms with Gasteiger partial charge in [-0.25, -0.2) is 0 Å². The van der Waals surface area contributed by atoms with E-state index in [4.69, 9.17) is 32.8 Å². The number of aliphatic hydroxyl groups excluding tert-OH is 1. The number of ether oxygens (including phenoxy) is 1. The molecule has 30 heavy (non-hydrogen) atoms. The molecule has 0 aromatic heterocycles. The number of aliphatic hydroxyl groups is 1. The van der Waals surface area contributed by atoms with Crippen molar-refractivity contribution in [2.24, 2.45) is 5.16 Å². The monoisotopic (exact) mass is 450 g/mol. The van der Waals surface area contributed by atoms with Crippen molar-refractivity contribution in [2.45, 2.75) is 45.1 Å². The lowest BCUT2D eigenvalue weighted by atomic mass is 10.0. The first kappa shape index (κ1) is 23.0. The summed E-state index contributed by atoms with van der Waals surface area (Å²) in [5, 5.41) is 16.1. The van der Waals surface area contributed by atoms with Crippen LogP contribution in [0.4, 0.5) is 0 Å². The Morgan fingerprint density at radius 1 is 1.17 bits per heavy atom. The molecule has 0 amide bonds. The van der Waals surface area contributed by atoms with Crippen molar-refractivity contribution in [3.8, 4) is 0 Å². The lowest BCUT2D eigenvalue weighted by Crippen LogP contribution is -2.39. The van der Waals surface area contributed by atoms with Gasteiger partial charge in [0.05, 0.1) is 24.5 Å². The Morgan fingerprint density at radius 2 is 1.93 bits per heavy atom. The van der Waals surface area contributed by atoms with E-state index in [9.17, 15) is 5.11 Å². The number of halogens is 2. The van der Waals surface area contributed by atoms with Crippen molar-refractivity contribution >= 4 is 28.9 Å². The molecule has 2 atom stereocenters. The highest BCUT2D eigenvalue weighted by Gasteiger charge is 2.26. The standard InChI is InChI=1S/C23H28Cl2N2O3/c1-16(2)29-15-21(28)13-27(12-17-4-3-5-20(25)10-17)14-22-11-23(26-30-22)18-6-8-19(24)9-7-18/h3-10,16,21-22,28H,11-15H2,1-2H3/t21-,22+/m1/s1. The number of oxime groups is 1. The summed E-state index contributed by atoms with van der Waals surface area (Å²) in [6.45, 7) is 5.95. The van der Waals surface area contributed by atoms with Gasteiger partial charge in [-0.15, -0.1) is 0 Å². The summed E-state index contributed by atoms with van der Waals surface area (Å²) < 4.78 is 5.57. The summed E-state index contributed by atoms with van der Waals surface area (Å²) in [6.07, 6.45) is 0.0963. The average Bonchev–Trinajstić information content (AvgIpc) is 3.15. The van der Waals surface area contributed by atoms with Crippen molar-refractivity contribution in [3.05, 3.63) is 69.7 Å². The third-order valence-electron chi connectivity index (χ3n) is 4.76. The number of hydrogen-bond acceptors (Lipinski definition) is 5. The van der Waals surface area contributed by atoms with E-state index in [1.54, 1.807) is 0 Å². The van der Waals surface area contributed by atoms with Crippen LogP contribution in [0, 0.1) is 0 Å². The SMILES string of the molecule is CC(C)OC[C@H](O)CN(Cc1cccc(Cl)c1)C[C@@H]1CC(c2ccc(Cl)cc2)=NO1. The van der Waals surface area contributed by atoms with E-state index in [-0.39, 0.29) is 12.2 Å². The summed E-state index contributed by atoms with van der Waals surface area (Å²) >= 11 is 12.1. The molecule has 2 aromatic carbocycles. The summed E-state index contributed by atoms with van der Waals surface area (Å²) in [6, 6.07) is 15.4. The highest BCUT2D eigenvalue weighted by Crippen LogP contribution is 2.21. The lowest BCUT2D eigenvalue weighted by Gasteiger charge is -2.27. The normalized spacial score (nSPS) is 17.3. The average molecular weight is 451 g/mol. The zero-order chi connectivity index (χ0) is 21.5. The van der Waals surface area contributed by atoms with E-state index in [2.05, 4.69) is 10.1 Å². The number of hydrogen-bond donors (Lipinski definition) is 1. The smallest absolute Gasteiger partial charge is 0.145 e. The third kappa shape index (κ3) is 7.25. The van der Waals surface area contributed by atoms with E-state index < -0.39 is 6.10 Å². The maximum atomic E-state index is 10.5. The lowest BCUT2D eigenvalue weighted by molar-refractivity contribution is -0.0194. The first-order chi connectivity index (χ1) is 14.4. The zero-order valence-corrected chi connectivity index (χ0v) is 18.8. The van der Waals surface area contributed by atoms with Crippen LogP contribution in [0.3, 0.4) is 0 Å². The molecule has 0 unspecified atom stereocenters. The minimum atomic E-state index is -0.593. The second-order valence-corrected chi connectivity index (χ2v) is 8.71. The third-order valence-corrected chi connectivity index (χ3v) is 5.25. The van der Waals surface area contributed by atoms with Crippen LogP contribution >= 0.6 is 23.2 Å². The van der Waals surface area contributed by atoms with E-state index in [0.717, 1.165) is 16.8 Å². The number of benzene rings is 2. The molecule has 162 valence electrons. The van der Waals surface area contributed by atoms with E-state index >= 15 is 0 Å².